The van der Waals surface area contributed by atoms with Crippen molar-refractivity contribution in [2.24, 2.45) is 0 Å². The highest BCUT2D eigenvalue weighted by molar-refractivity contribution is 7.92. The number of benzene rings is 1. The summed E-state index contributed by atoms with van der Waals surface area (Å²) in [5.41, 5.74) is 1.67. The van der Waals surface area contributed by atoms with Gasteiger partial charge in [0.2, 0.25) is 15.9 Å². The van der Waals surface area contributed by atoms with Crippen molar-refractivity contribution in [3.8, 4) is 0 Å². The number of aromatic nitrogens is 1. The van der Waals surface area contributed by atoms with E-state index in [-0.39, 0.29) is 12.5 Å². The highest BCUT2D eigenvalue weighted by atomic mass is 32.2. The maximum Gasteiger partial charge on any atom is 0.236 e. The molecule has 0 unspecified atom stereocenters. The molecule has 24 heavy (non-hydrogen) atoms. The number of rotatable bonds is 7. The summed E-state index contributed by atoms with van der Waals surface area (Å²) in [6.07, 6.45) is 4.76. The molecular weight excluding hydrogens is 326 g/mol. The van der Waals surface area contributed by atoms with Gasteiger partial charge >= 0.3 is 0 Å². The van der Waals surface area contributed by atoms with Crippen LogP contribution >= 0.6 is 0 Å². The third kappa shape index (κ3) is 5.60. The van der Waals surface area contributed by atoms with Crippen LogP contribution in [0.3, 0.4) is 0 Å². The molecule has 126 valence electrons. The summed E-state index contributed by atoms with van der Waals surface area (Å²) in [5, 5.41) is 3.77. The molecule has 0 aliphatic heterocycles. The summed E-state index contributed by atoms with van der Waals surface area (Å²) in [6.45, 7) is 0.0850. The first-order chi connectivity index (χ1) is 11.5. The molecule has 0 bridgehead atoms. The zero-order valence-electron chi connectivity index (χ0n) is 13.3. The molecule has 1 heterocycles. The second-order valence-corrected chi connectivity index (χ2v) is 7.07. The number of hydrogen-bond acceptors (Lipinski definition) is 4. The van der Waals surface area contributed by atoms with Crippen molar-refractivity contribution < 1.29 is 13.2 Å². The number of carbonyl (C=O) groups excluding carboxylic acids is 1. The molecule has 1 N–H and O–H groups in total. The van der Waals surface area contributed by atoms with Gasteiger partial charge in [-0.15, -0.1) is 0 Å². The third-order valence-electron chi connectivity index (χ3n) is 3.27. The number of likely N-dealkylation sites (N-methyl/N-ethyl adjacent to an activating group) is 1. The molecule has 0 saturated carbocycles. The van der Waals surface area contributed by atoms with E-state index < -0.39 is 10.0 Å². The van der Waals surface area contributed by atoms with E-state index in [0.717, 1.165) is 20.8 Å². The summed E-state index contributed by atoms with van der Waals surface area (Å²) in [7, 11) is -2.28. The summed E-state index contributed by atoms with van der Waals surface area (Å²) in [4.78, 5) is 15.8. The van der Waals surface area contributed by atoms with Gasteiger partial charge in [-0.05, 0) is 29.3 Å². The highest BCUT2D eigenvalue weighted by Gasteiger charge is 2.17. The van der Waals surface area contributed by atoms with Gasteiger partial charge in [-0.1, -0.05) is 30.3 Å². The molecule has 0 radical (unpaired) electrons. The van der Waals surface area contributed by atoms with Gasteiger partial charge in [0.25, 0.3) is 0 Å². The Labute approximate surface area is 141 Å². The molecule has 0 saturated heterocycles. The lowest BCUT2D eigenvalue weighted by molar-refractivity contribution is -0.121. The number of carbonyl (C=O) groups is 1. The maximum atomic E-state index is 12.2. The number of nitrogens with one attached hydrogen (secondary N) is 1. The number of hydrogen-bond donors (Lipinski definition) is 1. The topological polar surface area (TPSA) is 79.4 Å². The zero-order chi connectivity index (χ0) is 17.4. The summed E-state index contributed by atoms with van der Waals surface area (Å²) >= 11 is 0. The molecule has 1 amide bonds. The third-order valence-corrected chi connectivity index (χ3v) is 4.75. The van der Waals surface area contributed by atoms with Crippen LogP contribution in [0.1, 0.15) is 11.1 Å². The van der Waals surface area contributed by atoms with Crippen molar-refractivity contribution in [3.63, 3.8) is 0 Å². The van der Waals surface area contributed by atoms with Gasteiger partial charge in [0.15, 0.2) is 0 Å². The van der Waals surface area contributed by atoms with E-state index in [9.17, 15) is 13.2 Å². The molecule has 7 heteroatoms. The lowest BCUT2D eigenvalue weighted by Crippen LogP contribution is -2.37. The van der Waals surface area contributed by atoms with Crippen molar-refractivity contribution in [2.75, 3.05) is 13.6 Å². The van der Waals surface area contributed by atoms with E-state index in [1.54, 1.807) is 36.7 Å². The van der Waals surface area contributed by atoms with E-state index in [1.807, 2.05) is 18.2 Å². The van der Waals surface area contributed by atoms with Crippen LogP contribution in [-0.4, -0.2) is 37.2 Å². The van der Waals surface area contributed by atoms with Crippen molar-refractivity contribution in [1.29, 1.82) is 0 Å². The minimum Gasteiger partial charge on any atom is -0.351 e. The van der Waals surface area contributed by atoms with E-state index in [0.29, 0.717) is 6.54 Å². The zero-order valence-corrected chi connectivity index (χ0v) is 14.1. The Hall–Kier alpha value is -2.51. The number of nitrogens with zero attached hydrogens (tertiary/aromatic N) is 2. The molecule has 1 aromatic heterocycles. The monoisotopic (exact) mass is 345 g/mol. The molecule has 0 fully saturated rings. The van der Waals surface area contributed by atoms with Crippen LogP contribution in [0.15, 0.2) is 60.3 Å². The van der Waals surface area contributed by atoms with Gasteiger partial charge in [-0.2, -0.15) is 4.31 Å². The van der Waals surface area contributed by atoms with E-state index in [4.69, 9.17) is 0 Å². The first-order valence-electron chi connectivity index (χ1n) is 7.32. The van der Waals surface area contributed by atoms with Gasteiger partial charge in [-0.3, -0.25) is 9.78 Å². The van der Waals surface area contributed by atoms with Crippen molar-refractivity contribution in [1.82, 2.24) is 14.6 Å². The molecule has 0 spiro atoms. The molecule has 0 aliphatic rings. The molecule has 1 aromatic carbocycles. The quantitative estimate of drug-likeness (QED) is 0.827. The Morgan fingerprint density at radius 1 is 1.17 bits per heavy atom. The normalized spacial score (nSPS) is 11.8. The van der Waals surface area contributed by atoms with E-state index in [1.165, 1.54) is 13.1 Å². The van der Waals surface area contributed by atoms with Crippen LogP contribution in [0.25, 0.3) is 6.08 Å². The van der Waals surface area contributed by atoms with Crippen LogP contribution in [0.4, 0.5) is 0 Å². The summed E-state index contributed by atoms with van der Waals surface area (Å²) < 4.78 is 25.3. The Bertz CT molecular complexity index is 790. The first-order valence-corrected chi connectivity index (χ1v) is 8.83. The number of amides is 1. The number of sulfonamides is 1. The average molecular weight is 345 g/mol. The van der Waals surface area contributed by atoms with Crippen molar-refractivity contribution in [3.05, 3.63) is 71.4 Å². The molecular formula is C17H19N3O3S. The molecule has 0 aliphatic carbocycles. The van der Waals surface area contributed by atoms with E-state index in [2.05, 4.69) is 10.3 Å². The highest BCUT2D eigenvalue weighted by Crippen LogP contribution is 2.06. The largest absolute Gasteiger partial charge is 0.351 e. The molecule has 2 aromatic rings. The van der Waals surface area contributed by atoms with Crippen LogP contribution in [-0.2, 0) is 21.4 Å². The van der Waals surface area contributed by atoms with Crippen LogP contribution in [0.5, 0.6) is 0 Å². The van der Waals surface area contributed by atoms with Gasteiger partial charge in [0, 0.05) is 31.4 Å². The SMILES string of the molecule is CN(CC(=O)NCc1ccncc1)S(=O)(=O)/C=C/c1ccccc1. The van der Waals surface area contributed by atoms with Crippen LogP contribution < -0.4 is 5.32 Å². The fourth-order valence-electron chi connectivity index (χ4n) is 1.88. The van der Waals surface area contributed by atoms with Crippen LogP contribution in [0.2, 0.25) is 0 Å². The fourth-order valence-corrected chi connectivity index (χ4v) is 2.72. The predicted octanol–water partition coefficient (Wildman–Crippen LogP) is 1.63. The standard InChI is InChI=1S/C17H19N3O3S/c1-20(14-17(21)19-13-16-7-10-18-11-8-16)24(22,23)12-9-15-5-3-2-4-6-15/h2-12H,13-14H2,1H3,(H,19,21)/b12-9+. The Kier molecular flexibility index (Phi) is 6.22. The smallest absolute Gasteiger partial charge is 0.236 e. The van der Waals surface area contributed by atoms with Gasteiger partial charge in [-0.25, -0.2) is 8.42 Å². The second kappa shape index (κ2) is 8.37. The summed E-state index contributed by atoms with van der Waals surface area (Å²) in [5.74, 6) is -0.369. The minimum atomic E-state index is -3.65. The van der Waals surface area contributed by atoms with Gasteiger partial charge in [0.1, 0.15) is 0 Å². The minimum absolute atomic E-state index is 0.244. The molecule has 6 nitrogen and oxygen atoms in total. The Morgan fingerprint density at radius 2 is 1.83 bits per heavy atom. The lowest BCUT2D eigenvalue weighted by Gasteiger charge is -2.14. The predicted molar refractivity (Wildman–Crippen MR) is 93.1 cm³/mol. The van der Waals surface area contributed by atoms with Crippen molar-refractivity contribution in [2.45, 2.75) is 6.54 Å². The van der Waals surface area contributed by atoms with E-state index >= 15 is 0 Å². The maximum absolute atomic E-state index is 12.2. The van der Waals surface area contributed by atoms with Crippen LogP contribution in [0, 0.1) is 0 Å². The molecule has 2 rings (SSSR count). The lowest BCUT2D eigenvalue weighted by atomic mass is 10.2. The number of pyridine rings is 1. The summed E-state index contributed by atoms with van der Waals surface area (Å²) in [6, 6.07) is 12.7. The Balaban J connectivity index is 1.89. The first kappa shape index (κ1) is 17.8. The van der Waals surface area contributed by atoms with Crippen molar-refractivity contribution >= 4 is 22.0 Å². The Morgan fingerprint density at radius 3 is 2.50 bits per heavy atom. The van der Waals surface area contributed by atoms with Gasteiger partial charge in [0.05, 0.1) is 6.54 Å². The molecule has 0 atom stereocenters. The fraction of sp³-hybridized carbons (Fsp3) is 0.176. The average Bonchev–Trinajstić information content (AvgIpc) is 2.60. The van der Waals surface area contributed by atoms with Gasteiger partial charge < -0.3 is 5.32 Å². The second-order valence-electron chi connectivity index (χ2n) is 5.15.